The van der Waals surface area contributed by atoms with Crippen molar-refractivity contribution in [3.8, 4) is 0 Å². The van der Waals surface area contributed by atoms with Crippen LogP contribution in [0.5, 0.6) is 0 Å². The third-order valence-corrected chi connectivity index (χ3v) is 6.29. The number of amides is 2. The number of para-hydroxylation sites is 2. The first-order chi connectivity index (χ1) is 15.6. The molecular formula is C26H24FN3O2. The van der Waals surface area contributed by atoms with Gasteiger partial charge in [-0.05, 0) is 35.9 Å². The monoisotopic (exact) mass is 429 g/mol. The van der Waals surface area contributed by atoms with E-state index in [1.807, 2.05) is 53.4 Å². The Balaban J connectivity index is 1.36. The van der Waals surface area contributed by atoms with Gasteiger partial charge in [-0.3, -0.25) is 14.5 Å². The van der Waals surface area contributed by atoms with E-state index in [-0.39, 0.29) is 17.6 Å². The van der Waals surface area contributed by atoms with E-state index in [1.54, 1.807) is 34.1 Å². The Morgan fingerprint density at radius 1 is 0.750 bits per heavy atom. The number of benzene rings is 3. The zero-order valence-electron chi connectivity index (χ0n) is 17.7. The largest absolute Gasteiger partial charge is 0.366 e. The first kappa shape index (κ1) is 20.2. The highest BCUT2D eigenvalue weighted by Crippen LogP contribution is 2.34. The van der Waals surface area contributed by atoms with E-state index in [4.69, 9.17) is 0 Å². The van der Waals surface area contributed by atoms with Gasteiger partial charge >= 0.3 is 0 Å². The molecule has 0 radical (unpaired) electrons. The van der Waals surface area contributed by atoms with Crippen molar-refractivity contribution in [1.29, 1.82) is 0 Å². The van der Waals surface area contributed by atoms with Crippen LogP contribution in [0, 0.1) is 5.82 Å². The molecule has 2 amide bonds. The van der Waals surface area contributed by atoms with E-state index in [9.17, 15) is 14.0 Å². The summed E-state index contributed by atoms with van der Waals surface area (Å²) in [7, 11) is 0. The molecule has 2 heterocycles. The first-order valence-electron chi connectivity index (χ1n) is 10.9. The summed E-state index contributed by atoms with van der Waals surface area (Å²) in [6.45, 7) is 2.10. The third-order valence-electron chi connectivity index (χ3n) is 6.29. The lowest BCUT2D eigenvalue weighted by atomic mass is 10.1. The second-order valence-electron chi connectivity index (χ2n) is 8.15. The molecule has 1 atom stereocenters. The van der Waals surface area contributed by atoms with Gasteiger partial charge in [-0.15, -0.1) is 0 Å². The van der Waals surface area contributed by atoms with Crippen LogP contribution in [0.3, 0.4) is 0 Å². The van der Waals surface area contributed by atoms with Gasteiger partial charge in [-0.2, -0.15) is 0 Å². The van der Waals surface area contributed by atoms with Crippen LogP contribution in [0.1, 0.15) is 15.9 Å². The molecular weight excluding hydrogens is 405 g/mol. The van der Waals surface area contributed by atoms with E-state index in [1.165, 1.54) is 6.07 Å². The van der Waals surface area contributed by atoms with Crippen molar-refractivity contribution < 1.29 is 14.0 Å². The predicted octanol–water partition coefficient (Wildman–Crippen LogP) is 3.75. The molecule has 0 unspecified atom stereocenters. The summed E-state index contributed by atoms with van der Waals surface area (Å²) in [5.74, 6) is -0.476. The summed E-state index contributed by atoms with van der Waals surface area (Å²) in [6, 6.07) is 22.9. The highest BCUT2D eigenvalue weighted by molar-refractivity contribution is 6.11. The first-order valence-corrected chi connectivity index (χ1v) is 10.9. The molecule has 0 bridgehead atoms. The van der Waals surface area contributed by atoms with Crippen molar-refractivity contribution in [1.82, 2.24) is 4.90 Å². The number of nitrogens with zero attached hydrogens (tertiary/aromatic N) is 3. The smallest absolute Gasteiger partial charge is 0.259 e. The molecule has 2 aliphatic rings. The van der Waals surface area contributed by atoms with Crippen molar-refractivity contribution in [2.75, 3.05) is 36.0 Å². The number of rotatable bonds is 3. The molecule has 1 fully saturated rings. The van der Waals surface area contributed by atoms with E-state index < -0.39 is 6.04 Å². The van der Waals surface area contributed by atoms with Crippen molar-refractivity contribution >= 4 is 23.2 Å². The van der Waals surface area contributed by atoms with Crippen LogP contribution in [0.15, 0.2) is 78.9 Å². The van der Waals surface area contributed by atoms with Gasteiger partial charge in [0.1, 0.15) is 11.9 Å². The molecule has 5 rings (SSSR count). The average Bonchev–Trinajstić information content (AvgIpc) is 3.24. The molecule has 0 saturated carbocycles. The van der Waals surface area contributed by atoms with Gasteiger partial charge in [0.15, 0.2) is 0 Å². The number of hydrogen-bond acceptors (Lipinski definition) is 3. The van der Waals surface area contributed by atoms with Crippen molar-refractivity contribution in [3.05, 3.63) is 95.8 Å². The SMILES string of the molecule is O=C([C@H]1Cc2ccccc2N1C(=O)c1ccccc1)N1CCN(c2ccccc2F)CC1. The maximum Gasteiger partial charge on any atom is 0.259 e. The van der Waals surface area contributed by atoms with Crippen LogP contribution in [-0.4, -0.2) is 48.9 Å². The summed E-state index contributed by atoms with van der Waals surface area (Å²) < 4.78 is 14.2. The van der Waals surface area contributed by atoms with Crippen molar-refractivity contribution in [3.63, 3.8) is 0 Å². The predicted molar refractivity (Wildman–Crippen MR) is 122 cm³/mol. The molecule has 5 nitrogen and oxygen atoms in total. The fourth-order valence-electron chi connectivity index (χ4n) is 4.64. The third kappa shape index (κ3) is 3.62. The topological polar surface area (TPSA) is 43.9 Å². The van der Waals surface area contributed by atoms with Crippen molar-refractivity contribution in [2.24, 2.45) is 0 Å². The van der Waals surface area contributed by atoms with E-state index >= 15 is 0 Å². The Labute approximate surface area is 186 Å². The summed E-state index contributed by atoms with van der Waals surface area (Å²) in [5.41, 5.74) is 2.92. The summed E-state index contributed by atoms with van der Waals surface area (Å²) in [6.07, 6.45) is 0.501. The maximum atomic E-state index is 14.2. The number of hydrogen-bond donors (Lipinski definition) is 0. The highest BCUT2D eigenvalue weighted by atomic mass is 19.1. The zero-order chi connectivity index (χ0) is 22.1. The number of piperazine rings is 1. The molecule has 0 N–H and O–H groups in total. The number of anilines is 2. The minimum atomic E-state index is -0.569. The van der Waals surface area contributed by atoms with Gasteiger partial charge in [-0.25, -0.2) is 4.39 Å². The molecule has 162 valence electrons. The van der Waals surface area contributed by atoms with Crippen LogP contribution in [0.25, 0.3) is 0 Å². The lowest BCUT2D eigenvalue weighted by molar-refractivity contribution is -0.132. The molecule has 6 heteroatoms. The van der Waals surface area contributed by atoms with Gasteiger partial charge in [-0.1, -0.05) is 48.5 Å². The Hall–Kier alpha value is -3.67. The molecule has 3 aromatic carbocycles. The molecule has 32 heavy (non-hydrogen) atoms. The van der Waals surface area contributed by atoms with Gasteiger partial charge in [0.05, 0.1) is 5.69 Å². The van der Waals surface area contributed by atoms with E-state index in [0.29, 0.717) is 43.9 Å². The molecule has 0 aliphatic carbocycles. The Kier molecular flexibility index (Phi) is 5.35. The molecule has 3 aromatic rings. The van der Waals surface area contributed by atoms with Crippen molar-refractivity contribution in [2.45, 2.75) is 12.5 Å². The summed E-state index contributed by atoms with van der Waals surface area (Å²) in [4.78, 5) is 32.4. The molecule has 0 aromatic heterocycles. The zero-order valence-corrected chi connectivity index (χ0v) is 17.7. The van der Waals surface area contributed by atoms with Crippen LogP contribution in [0.4, 0.5) is 15.8 Å². The van der Waals surface area contributed by atoms with Gasteiger partial charge in [0.2, 0.25) is 5.91 Å². The van der Waals surface area contributed by atoms with E-state index in [2.05, 4.69) is 0 Å². The van der Waals surface area contributed by atoms with E-state index in [0.717, 1.165) is 11.3 Å². The number of carbonyl (C=O) groups is 2. The second kappa shape index (κ2) is 8.46. The summed E-state index contributed by atoms with van der Waals surface area (Å²) in [5, 5.41) is 0. The van der Waals surface area contributed by atoms with Gasteiger partial charge in [0.25, 0.3) is 5.91 Å². The fraction of sp³-hybridized carbons (Fsp3) is 0.231. The lowest BCUT2D eigenvalue weighted by Crippen LogP contribution is -2.55. The molecule has 1 saturated heterocycles. The number of carbonyl (C=O) groups excluding carboxylic acids is 2. The number of fused-ring (bicyclic) bond motifs is 1. The minimum Gasteiger partial charge on any atom is -0.366 e. The highest BCUT2D eigenvalue weighted by Gasteiger charge is 2.41. The molecule has 0 spiro atoms. The normalized spacial score (nSPS) is 17.9. The Morgan fingerprint density at radius 3 is 2.09 bits per heavy atom. The maximum absolute atomic E-state index is 14.2. The lowest BCUT2D eigenvalue weighted by Gasteiger charge is -2.38. The molecule has 2 aliphatic heterocycles. The van der Waals surface area contributed by atoms with Crippen LogP contribution < -0.4 is 9.80 Å². The van der Waals surface area contributed by atoms with Gasteiger partial charge in [0, 0.05) is 43.9 Å². The minimum absolute atomic E-state index is 0.0568. The standard InChI is InChI=1S/C26H24FN3O2/c27-21-11-5-7-13-23(21)28-14-16-29(17-15-28)26(32)24-18-20-10-4-6-12-22(20)30(24)25(31)19-8-2-1-3-9-19/h1-13,24H,14-18H2/t24-/m1/s1. The fourth-order valence-corrected chi connectivity index (χ4v) is 4.64. The quantitative estimate of drug-likeness (QED) is 0.637. The van der Waals surface area contributed by atoms with Crippen LogP contribution in [-0.2, 0) is 11.2 Å². The Bertz CT molecular complexity index is 1140. The van der Waals surface area contributed by atoms with Gasteiger partial charge < -0.3 is 9.80 Å². The van der Waals surface area contributed by atoms with Crippen LogP contribution in [0.2, 0.25) is 0 Å². The average molecular weight is 429 g/mol. The van der Waals surface area contributed by atoms with Crippen LogP contribution >= 0.6 is 0 Å². The second-order valence-corrected chi connectivity index (χ2v) is 8.15. The number of halogens is 1. The Morgan fingerprint density at radius 2 is 1.38 bits per heavy atom. The summed E-state index contributed by atoms with van der Waals surface area (Å²) >= 11 is 0.